The van der Waals surface area contributed by atoms with Gasteiger partial charge in [0.05, 0.1) is 7.11 Å². The van der Waals surface area contributed by atoms with E-state index < -0.39 is 10.0 Å². The predicted octanol–water partition coefficient (Wildman–Crippen LogP) is 2.25. The van der Waals surface area contributed by atoms with Gasteiger partial charge in [0.1, 0.15) is 10.6 Å². The van der Waals surface area contributed by atoms with Gasteiger partial charge in [0, 0.05) is 18.7 Å². The fourth-order valence-corrected chi connectivity index (χ4v) is 4.27. The van der Waals surface area contributed by atoms with Crippen LogP contribution in [-0.4, -0.2) is 46.5 Å². The Labute approximate surface area is 144 Å². The maximum absolute atomic E-state index is 12.8. The summed E-state index contributed by atoms with van der Waals surface area (Å²) in [6.07, 6.45) is 4.42. The predicted molar refractivity (Wildman–Crippen MR) is 92.8 cm³/mol. The van der Waals surface area contributed by atoms with Crippen LogP contribution >= 0.6 is 0 Å². The number of methoxy groups -OCH3 is 1. The molecule has 1 saturated carbocycles. The maximum atomic E-state index is 12.8. The van der Waals surface area contributed by atoms with Crippen molar-refractivity contribution in [3.63, 3.8) is 0 Å². The monoisotopic (exact) mass is 354 g/mol. The normalized spacial score (nSPS) is 21.3. The third-order valence-electron chi connectivity index (χ3n) is 4.85. The second-order valence-electron chi connectivity index (χ2n) is 6.32. The molecule has 1 aromatic rings. The lowest BCUT2D eigenvalue weighted by Crippen LogP contribution is -2.42. The van der Waals surface area contributed by atoms with E-state index >= 15 is 0 Å². The zero-order chi connectivity index (χ0) is 17.9. The lowest BCUT2D eigenvalue weighted by atomic mass is 9.85. The highest BCUT2D eigenvalue weighted by molar-refractivity contribution is 7.89. The summed E-state index contributed by atoms with van der Waals surface area (Å²) in [6, 6.07) is 4.71. The minimum atomic E-state index is -3.70. The average molecular weight is 354 g/mol. The molecule has 0 radical (unpaired) electrons. The molecule has 1 aromatic carbocycles. The minimum absolute atomic E-state index is 0.0246. The lowest BCUT2D eigenvalue weighted by Gasteiger charge is -2.36. The SMILES string of the molecule is CNS(=O)(=O)c1cc(C(=O)N(C)C2CCCCC2C)ccc1OC. The van der Waals surface area contributed by atoms with Crippen molar-refractivity contribution < 1.29 is 17.9 Å². The highest BCUT2D eigenvalue weighted by atomic mass is 32.2. The van der Waals surface area contributed by atoms with E-state index in [4.69, 9.17) is 4.74 Å². The first kappa shape index (κ1) is 18.7. The number of carbonyl (C=O) groups is 1. The van der Waals surface area contributed by atoms with Crippen molar-refractivity contribution in [1.82, 2.24) is 9.62 Å². The van der Waals surface area contributed by atoms with E-state index in [1.54, 1.807) is 18.0 Å². The number of amides is 1. The van der Waals surface area contributed by atoms with Crippen LogP contribution in [-0.2, 0) is 10.0 Å². The summed E-state index contributed by atoms with van der Waals surface area (Å²) in [5, 5.41) is 0. The zero-order valence-electron chi connectivity index (χ0n) is 14.7. The quantitative estimate of drug-likeness (QED) is 0.880. The molecule has 1 aliphatic rings. The number of carbonyl (C=O) groups excluding carboxylic acids is 1. The van der Waals surface area contributed by atoms with Crippen LogP contribution in [0.25, 0.3) is 0 Å². The van der Waals surface area contributed by atoms with E-state index in [2.05, 4.69) is 11.6 Å². The van der Waals surface area contributed by atoms with Gasteiger partial charge in [-0.1, -0.05) is 19.8 Å². The summed E-state index contributed by atoms with van der Waals surface area (Å²) in [6.45, 7) is 2.17. The first-order valence-electron chi connectivity index (χ1n) is 8.20. The molecule has 2 rings (SSSR count). The Balaban J connectivity index is 2.34. The van der Waals surface area contributed by atoms with Gasteiger partial charge in [-0.05, 0) is 44.0 Å². The largest absolute Gasteiger partial charge is 0.495 e. The lowest BCUT2D eigenvalue weighted by molar-refractivity contribution is 0.0628. The van der Waals surface area contributed by atoms with E-state index in [0.717, 1.165) is 19.3 Å². The Kier molecular flexibility index (Phi) is 5.87. The van der Waals surface area contributed by atoms with E-state index in [1.807, 2.05) is 0 Å². The molecule has 1 N–H and O–H groups in total. The van der Waals surface area contributed by atoms with Crippen molar-refractivity contribution in [2.45, 2.75) is 43.5 Å². The number of nitrogens with one attached hydrogen (secondary N) is 1. The third-order valence-corrected chi connectivity index (χ3v) is 6.29. The summed E-state index contributed by atoms with van der Waals surface area (Å²) in [5.41, 5.74) is 0.352. The molecule has 24 heavy (non-hydrogen) atoms. The molecule has 134 valence electrons. The number of nitrogens with zero attached hydrogens (tertiary/aromatic N) is 1. The van der Waals surface area contributed by atoms with Gasteiger partial charge in [0.15, 0.2) is 0 Å². The van der Waals surface area contributed by atoms with Crippen molar-refractivity contribution in [3.05, 3.63) is 23.8 Å². The highest BCUT2D eigenvalue weighted by Gasteiger charge is 2.29. The van der Waals surface area contributed by atoms with Gasteiger partial charge in [-0.3, -0.25) is 4.79 Å². The topological polar surface area (TPSA) is 75.7 Å². The molecule has 1 aliphatic carbocycles. The molecule has 1 amide bonds. The van der Waals surface area contributed by atoms with Crippen molar-refractivity contribution in [2.75, 3.05) is 21.2 Å². The second kappa shape index (κ2) is 7.53. The summed E-state index contributed by atoms with van der Waals surface area (Å²) in [4.78, 5) is 14.6. The van der Waals surface area contributed by atoms with Crippen LogP contribution in [0.15, 0.2) is 23.1 Å². The Morgan fingerprint density at radius 2 is 1.96 bits per heavy atom. The van der Waals surface area contributed by atoms with Crippen molar-refractivity contribution >= 4 is 15.9 Å². The molecule has 0 aliphatic heterocycles. The van der Waals surface area contributed by atoms with E-state index in [0.29, 0.717) is 11.5 Å². The molecule has 0 aromatic heterocycles. The summed E-state index contributed by atoms with van der Waals surface area (Å²) in [5.74, 6) is 0.505. The fraction of sp³-hybridized carbons (Fsp3) is 0.588. The Morgan fingerprint density at radius 3 is 2.54 bits per heavy atom. The van der Waals surface area contributed by atoms with Crippen LogP contribution in [0.3, 0.4) is 0 Å². The Bertz CT molecular complexity index is 703. The first-order chi connectivity index (χ1) is 11.3. The number of benzene rings is 1. The summed E-state index contributed by atoms with van der Waals surface area (Å²) in [7, 11) is 0.829. The molecule has 2 unspecified atom stereocenters. The maximum Gasteiger partial charge on any atom is 0.253 e. The zero-order valence-corrected chi connectivity index (χ0v) is 15.5. The highest BCUT2D eigenvalue weighted by Crippen LogP contribution is 2.30. The molecule has 0 heterocycles. The van der Waals surface area contributed by atoms with Gasteiger partial charge >= 0.3 is 0 Å². The van der Waals surface area contributed by atoms with E-state index in [-0.39, 0.29) is 22.6 Å². The molecular weight excluding hydrogens is 328 g/mol. The van der Waals surface area contributed by atoms with Gasteiger partial charge in [0.2, 0.25) is 10.0 Å². The molecular formula is C17H26N2O4S. The minimum Gasteiger partial charge on any atom is -0.495 e. The Hall–Kier alpha value is -1.60. The first-order valence-corrected chi connectivity index (χ1v) is 9.69. The number of rotatable bonds is 5. The summed E-state index contributed by atoms with van der Waals surface area (Å²) >= 11 is 0. The van der Waals surface area contributed by atoms with E-state index in [9.17, 15) is 13.2 Å². The van der Waals surface area contributed by atoms with Gasteiger partial charge in [-0.15, -0.1) is 0 Å². The molecule has 0 bridgehead atoms. The standard InChI is InChI=1S/C17H26N2O4S/c1-12-7-5-6-8-14(12)19(3)17(20)13-9-10-15(23-4)16(11-13)24(21,22)18-2/h9-12,14,18H,5-8H2,1-4H3. The van der Waals surface area contributed by atoms with Crippen LogP contribution in [0.1, 0.15) is 43.0 Å². The fourth-order valence-electron chi connectivity index (χ4n) is 3.36. The smallest absolute Gasteiger partial charge is 0.253 e. The van der Waals surface area contributed by atoms with Gasteiger partial charge in [-0.2, -0.15) is 0 Å². The van der Waals surface area contributed by atoms with E-state index in [1.165, 1.54) is 32.7 Å². The molecule has 0 saturated heterocycles. The number of hydrogen-bond acceptors (Lipinski definition) is 4. The molecule has 6 nitrogen and oxygen atoms in total. The van der Waals surface area contributed by atoms with Crippen LogP contribution in [0.5, 0.6) is 5.75 Å². The van der Waals surface area contributed by atoms with Crippen LogP contribution in [0.2, 0.25) is 0 Å². The third kappa shape index (κ3) is 3.72. The van der Waals surface area contributed by atoms with Gasteiger partial charge < -0.3 is 9.64 Å². The number of sulfonamides is 1. The molecule has 7 heteroatoms. The van der Waals surface area contributed by atoms with Crippen molar-refractivity contribution in [2.24, 2.45) is 5.92 Å². The van der Waals surface area contributed by atoms with Crippen LogP contribution < -0.4 is 9.46 Å². The second-order valence-corrected chi connectivity index (χ2v) is 8.17. The molecule has 2 atom stereocenters. The van der Waals surface area contributed by atoms with Crippen molar-refractivity contribution in [3.8, 4) is 5.75 Å². The van der Waals surface area contributed by atoms with Crippen LogP contribution in [0, 0.1) is 5.92 Å². The average Bonchev–Trinajstić information content (AvgIpc) is 2.60. The molecule has 1 fully saturated rings. The number of ether oxygens (including phenoxy) is 1. The molecule has 0 spiro atoms. The number of hydrogen-bond donors (Lipinski definition) is 1. The summed E-state index contributed by atoms with van der Waals surface area (Å²) < 4.78 is 31.7. The Morgan fingerprint density at radius 1 is 1.29 bits per heavy atom. The van der Waals surface area contributed by atoms with Gasteiger partial charge in [-0.25, -0.2) is 13.1 Å². The van der Waals surface area contributed by atoms with Gasteiger partial charge in [0.25, 0.3) is 5.91 Å². The van der Waals surface area contributed by atoms with Crippen molar-refractivity contribution in [1.29, 1.82) is 0 Å². The van der Waals surface area contributed by atoms with Crippen LogP contribution in [0.4, 0.5) is 0 Å².